The minimum absolute atomic E-state index is 0.200. The van der Waals surface area contributed by atoms with Gasteiger partial charge in [0.15, 0.2) is 6.29 Å². The Morgan fingerprint density at radius 3 is 1.71 bits per heavy atom. The van der Waals surface area contributed by atoms with E-state index in [2.05, 4.69) is 43.5 Å². The molecule has 1 aliphatic heterocycles. The number of ether oxygens (including phenoxy) is 2. The van der Waals surface area contributed by atoms with Crippen LogP contribution < -0.4 is 5.32 Å². The zero-order valence-electron chi connectivity index (χ0n) is 30.9. The maximum atomic E-state index is 12.9. The highest BCUT2D eigenvalue weighted by Gasteiger charge is 2.44. The molecule has 7 atom stereocenters. The van der Waals surface area contributed by atoms with Crippen molar-refractivity contribution >= 4 is 5.91 Å². The number of aliphatic hydroxyl groups excluding tert-OH is 5. The summed E-state index contributed by atoms with van der Waals surface area (Å²) < 4.78 is 11.1. The van der Waals surface area contributed by atoms with Crippen molar-refractivity contribution in [2.75, 3.05) is 13.2 Å². The molecule has 1 fully saturated rings. The Labute approximate surface area is 298 Å². The minimum atomic E-state index is -1.57. The largest absolute Gasteiger partial charge is 0.394 e. The molecule has 1 rings (SSSR count). The molecule has 1 heterocycles. The van der Waals surface area contributed by atoms with E-state index in [1.807, 2.05) is 6.08 Å². The molecule has 0 aliphatic carbocycles. The monoisotopic (exact) mass is 696 g/mol. The van der Waals surface area contributed by atoms with Gasteiger partial charge in [-0.1, -0.05) is 127 Å². The van der Waals surface area contributed by atoms with Gasteiger partial charge in [0.25, 0.3) is 0 Å². The van der Waals surface area contributed by atoms with Gasteiger partial charge < -0.3 is 40.3 Å². The first-order valence-electron chi connectivity index (χ1n) is 19.7. The molecule has 1 saturated heterocycles. The molecule has 6 N–H and O–H groups in total. The third kappa shape index (κ3) is 22.8. The fourth-order valence-corrected chi connectivity index (χ4v) is 5.93. The van der Waals surface area contributed by atoms with Crippen molar-refractivity contribution in [3.8, 4) is 0 Å². The van der Waals surface area contributed by atoms with E-state index in [1.54, 1.807) is 6.08 Å². The lowest BCUT2D eigenvalue weighted by Gasteiger charge is -2.40. The van der Waals surface area contributed by atoms with Crippen molar-refractivity contribution in [1.82, 2.24) is 5.32 Å². The number of amides is 1. The Morgan fingerprint density at radius 2 is 1.16 bits per heavy atom. The highest BCUT2D eigenvalue weighted by atomic mass is 16.7. The van der Waals surface area contributed by atoms with E-state index >= 15 is 0 Å². The van der Waals surface area contributed by atoms with Gasteiger partial charge in [-0.15, -0.1) is 0 Å². The summed E-state index contributed by atoms with van der Waals surface area (Å²) >= 11 is 0. The summed E-state index contributed by atoms with van der Waals surface area (Å²) in [6, 6.07) is -0.821. The molecule has 1 amide bonds. The van der Waals surface area contributed by atoms with Crippen LogP contribution in [0.1, 0.15) is 155 Å². The highest BCUT2D eigenvalue weighted by molar-refractivity contribution is 5.76. The average Bonchev–Trinajstić information content (AvgIpc) is 3.10. The first-order chi connectivity index (χ1) is 23.8. The number of aliphatic hydroxyl groups is 5. The normalized spacial score (nSPS) is 22.8. The van der Waals surface area contributed by atoms with Crippen molar-refractivity contribution in [2.24, 2.45) is 0 Å². The van der Waals surface area contributed by atoms with Crippen molar-refractivity contribution in [1.29, 1.82) is 0 Å². The van der Waals surface area contributed by atoms with Crippen LogP contribution >= 0.6 is 0 Å². The van der Waals surface area contributed by atoms with Crippen LogP contribution in [0.15, 0.2) is 36.5 Å². The zero-order valence-corrected chi connectivity index (χ0v) is 30.9. The number of hydrogen-bond acceptors (Lipinski definition) is 8. The number of nitrogens with one attached hydrogen (secondary N) is 1. The van der Waals surface area contributed by atoms with E-state index in [0.29, 0.717) is 6.42 Å². The number of rotatable bonds is 31. The summed E-state index contributed by atoms with van der Waals surface area (Å²) in [6.45, 7) is 3.69. The Bertz CT molecular complexity index is 863. The molecule has 0 radical (unpaired) electrons. The van der Waals surface area contributed by atoms with E-state index in [1.165, 1.54) is 77.0 Å². The quantitative estimate of drug-likeness (QED) is 0.0338. The van der Waals surface area contributed by atoms with Crippen LogP contribution in [0.2, 0.25) is 0 Å². The summed E-state index contributed by atoms with van der Waals surface area (Å²) in [4.78, 5) is 12.9. The van der Waals surface area contributed by atoms with Crippen LogP contribution in [0.5, 0.6) is 0 Å². The second kappa shape index (κ2) is 31.2. The molecule has 0 aromatic rings. The molecule has 9 heteroatoms. The predicted octanol–water partition coefficient (Wildman–Crippen LogP) is 6.94. The number of unbranched alkanes of at least 4 members (excludes halogenated alkanes) is 17. The van der Waals surface area contributed by atoms with Gasteiger partial charge in [0.05, 0.1) is 25.4 Å². The lowest BCUT2D eigenvalue weighted by molar-refractivity contribution is -0.302. The molecule has 0 bridgehead atoms. The van der Waals surface area contributed by atoms with Gasteiger partial charge in [0.2, 0.25) is 5.91 Å². The topological polar surface area (TPSA) is 149 Å². The van der Waals surface area contributed by atoms with Gasteiger partial charge in [-0.25, -0.2) is 0 Å². The molecule has 0 spiro atoms. The molecule has 1 aliphatic rings. The third-order valence-corrected chi connectivity index (χ3v) is 9.19. The molecular formula is C40H73NO8. The van der Waals surface area contributed by atoms with E-state index in [9.17, 15) is 30.3 Å². The summed E-state index contributed by atoms with van der Waals surface area (Å²) in [7, 11) is 0. The second-order valence-electron chi connectivity index (χ2n) is 13.7. The summed E-state index contributed by atoms with van der Waals surface area (Å²) in [5.41, 5.74) is 0. The molecule has 0 saturated carbocycles. The molecular weight excluding hydrogens is 622 g/mol. The van der Waals surface area contributed by atoms with Gasteiger partial charge in [-0.3, -0.25) is 4.79 Å². The lowest BCUT2D eigenvalue weighted by Crippen LogP contribution is -2.60. The van der Waals surface area contributed by atoms with Gasteiger partial charge >= 0.3 is 0 Å². The standard InChI is InChI=1S/C40H73NO8/c1-3-5-7-9-11-13-15-16-17-18-20-22-24-26-28-30-36(44)41-33(32-48-40-39(47)38(46)37(45)35(31-42)49-40)34(43)29-27-25-23-21-19-14-12-10-8-6-4-2/h16-17,19,21,27,29,33-35,37-40,42-43,45-47H,3-15,18,20,22-26,28,30-32H2,1-2H3,(H,41,44)/b17-16-,21-19+,29-27+. The third-order valence-electron chi connectivity index (χ3n) is 9.19. The van der Waals surface area contributed by atoms with Crippen LogP contribution in [0, 0.1) is 0 Å². The molecule has 9 nitrogen and oxygen atoms in total. The Hall–Kier alpha value is -1.59. The van der Waals surface area contributed by atoms with E-state index < -0.39 is 49.5 Å². The fraction of sp³-hybridized carbons (Fsp3) is 0.825. The molecule has 0 aromatic carbocycles. The number of carbonyl (C=O) groups is 1. The summed E-state index contributed by atoms with van der Waals surface area (Å²) in [5.74, 6) is -0.200. The fourth-order valence-electron chi connectivity index (χ4n) is 5.93. The van der Waals surface area contributed by atoms with E-state index in [-0.39, 0.29) is 12.5 Å². The van der Waals surface area contributed by atoms with Gasteiger partial charge in [0.1, 0.15) is 24.4 Å². The van der Waals surface area contributed by atoms with Gasteiger partial charge in [0, 0.05) is 6.42 Å². The molecule has 286 valence electrons. The van der Waals surface area contributed by atoms with Crippen molar-refractivity contribution < 1.29 is 39.8 Å². The lowest BCUT2D eigenvalue weighted by atomic mass is 9.99. The first kappa shape index (κ1) is 45.4. The van der Waals surface area contributed by atoms with Crippen LogP contribution in [0.25, 0.3) is 0 Å². The average molecular weight is 696 g/mol. The number of hydrogen-bond donors (Lipinski definition) is 6. The van der Waals surface area contributed by atoms with E-state index in [4.69, 9.17) is 9.47 Å². The minimum Gasteiger partial charge on any atom is -0.394 e. The predicted molar refractivity (Wildman–Crippen MR) is 198 cm³/mol. The number of allylic oxidation sites excluding steroid dienone is 5. The van der Waals surface area contributed by atoms with Crippen LogP contribution in [0.4, 0.5) is 0 Å². The van der Waals surface area contributed by atoms with Crippen molar-refractivity contribution in [3.05, 3.63) is 36.5 Å². The van der Waals surface area contributed by atoms with Gasteiger partial charge in [-0.2, -0.15) is 0 Å². The Morgan fingerprint density at radius 1 is 0.673 bits per heavy atom. The second-order valence-corrected chi connectivity index (χ2v) is 13.7. The summed E-state index contributed by atoms with van der Waals surface area (Å²) in [6.07, 6.45) is 29.0. The molecule has 0 aromatic heterocycles. The smallest absolute Gasteiger partial charge is 0.220 e. The molecule has 49 heavy (non-hydrogen) atoms. The number of carbonyl (C=O) groups excluding carboxylic acids is 1. The van der Waals surface area contributed by atoms with Crippen molar-refractivity contribution in [2.45, 2.75) is 198 Å². The maximum absolute atomic E-state index is 12.9. The highest BCUT2D eigenvalue weighted by Crippen LogP contribution is 2.22. The SMILES string of the molecule is CCCCCCC/C=C/CC/C=C/C(O)C(COC1OC(CO)C(O)C(O)C1O)NC(=O)CCCCCCC/C=C\CCCCCCCC. The maximum Gasteiger partial charge on any atom is 0.220 e. The van der Waals surface area contributed by atoms with Gasteiger partial charge in [-0.05, 0) is 57.8 Å². The zero-order chi connectivity index (χ0) is 36.0. The van der Waals surface area contributed by atoms with Crippen LogP contribution in [0.3, 0.4) is 0 Å². The van der Waals surface area contributed by atoms with Crippen molar-refractivity contribution in [3.63, 3.8) is 0 Å². The van der Waals surface area contributed by atoms with E-state index in [0.717, 1.165) is 57.8 Å². The first-order valence-corrected chi connectivity index (χ1v) is 19.7. The molecule has 7 unspecified atom stereocenters. The summed E-state index contributed by atoms with van der Waals surface area (Å²) in [5, 5.41) is 53.8. The van der Waals surface area contributed by atoms with Crippen LogP contribution in [-0.4, -0.2) is 87.5 Å². The van der Waals surface area contributed by atoms with Crippen LogP contribution in [-0.2, 0) is 14.3 Å². The Balaban J connectivity index is 2.46. The Kier molecular flexibility index (Phi) is 28.9.